The predicted molar refractivity (Wildman–Crippen MR) is 66.8 cm³/mol. The summed E-state index contributed by atoms with van der Waals surface area (Å²) < 4.78 is 7.90. The highest BCUT2D eigenvalue weighted by atomic mass is 16.5. The predicted octanol–water partition coefficient (Wildman–Crippen LogP) is 0.202. The summed E-state index contributed by atoms with van der Waals surface area (Å²) in [5.74, 6) is -0.442. The van der Waals surface area contributed by atoms with Crippen LogP contribution in [0, 0.1) is 0 Å². The van der Waals surface area contributed by atoms with E-state index in [4.69, 9.17) is 4.74 Å². The van der Waals surface area contributed by atoms with E-state index in [1.165, 1.54) is 29.4 Å². The zero-order valence-electron chi connectivity index (χ0n) is 10.7. The maximum absolute atomic E-state index is 11.8. The lowest BCUT2D eigenvalue weighted by Crippen LogP contribution is -2.22. The van der Waals surface area contributed by atoms with Crippen molar-refractivity contribution < 1.29 is 9.53 Å². The van der Waals surface area contributed by atoms with Crippen molar-refractivity contribution in [3.8, 4) is 0 Å². The maximum Gasteiger partial charge on any atom is 0.341 e. The number of esters is 1. The molecular formula is C12H14N4O3. The van der Waals surface area contributed by atoms with Crippen LogP contribution in [0.2, 0.25) is 0 Å². The summed E-state index contributed by atoms with van der Waals surface area (Å²) in [5, 5.41) is 4.03. The van der Waals surface area contributed by atoms with E-state index in [1.54, 1.807) is 18.7 Å². The Morgan fingerprint density at radius 2 is 2.26 bits per heavy atom. The Labute approximate surface area is 109 Å². The van der Waals surface area contributed by atoms with Crippen LogP contribution in [0.4, 0.5) is 0 Å². The van der Waals surface area contributed by atoms with Crippen LogP contribution in [0.5, 0.6) is 0 Å². The smallest absolute Gasteiger partial charge is 0.341 e. The lowest BCUT2D eigenvalue weighted by atomic mass is 10.2. The Morgan fingerprint density at radius 1 is 1.47 bits per heavy atom. The van der Waals surface area contributed by atoms with Gasteiger partial charge >= 0.3 is 5.97 Å². The van der Waals surface area contributed by atoms with Crippen molar-refractivity contribution >= 4 is 5.97 Å². The van der Waals surface area contributed by atoms with Gasteiger partial charge in [-0.15, -0.1) is 0 Å². The second-order valence-electron chi connectivity index (χ2n) is 3.90. The molecule has 19 heavy (non-hydrogen) atoms. The molecule has 7 heteroatoms. The first kappa shape index (κ1) is 13.0. The monoisotopic (exact) mass is 262 g/mol. The van der Waals surface area contributed by atoms with E-state index in [0.717, 1.165) is 0 Å². The van der Waals surface area contributed by atoms with Gasteiger partial charge in [-0.1, -0.05) is 0 Å². The quantitative estimate of drug-likeness (QED) is 0.735. The van der Waals surface area contributed by atoms with Crippen LogP contribution in [0.3, 0.4) is 0 Å². The lowest BCUT2D eigenvalue weighted by Gasteiger charge is -2.07. The zero-order valence-corrected chi connectivity index (χ0v) is 10.7. The first-order valence-electron chi connectivity index (χ1n) is 5.82. The largest absolute Gasteiger partial charge is 0.462 e. The average molecular weight is 262 g/mol. The molecule has 0 saturated heterocycles. The number of aromatic nitrogens is 4. The zero-order chi connectivity index (χ0) is 13.8. The molecule has 7 nitrogen and oxygen atoms in total. The number of hydrogen-bond acceptors (Lipinski definition) is 5. The Kier molecular flexibility index (Phi) is 3.74. The first-order chi connectivity index (χ1) is 9.13. The highest BCUT2D eigenvalue weighted by molar-refractivity contribution is 5.90. The van der Waals surface area contributed by atoms with E-state index in [-0.39, 0.29) is 12.1 Å². The minimum absolute atomic E-state index is 0.189. The lowest BCUT2D eigenvalue weighted by molar-refractivity contribution is 0.0524. The summed E-state index contributed by atoms with van der Waals surface area (Å²) in [5.41, 5.74) is 0.777. The third-order valence-electron chi connectivity index (χ3n) is 2.67. The standard InChI is InChI=1S/C12H14N4O3/c1-3-19-12(18)9-6-14-15(2)10(9)7-16-8-13-5-4-11(16)17/h4-6,8H,3,7H2,1-2H3. The number of nitrogens with zero attached hydrogens (tertiary/aromatic N) is 4. The van der Waals surface area contributed by atoms with Crippen molar-refractivity contribution in [2.24, 2.45) is 7.05 Å². The molecule has 0 fully saturated rings. The highest BCUT2D eigenvalue weighted by Crippen LogP contribution is 2.10. The van der Waals surface area contributed by atoms with Gasteiger partial charge in [-0.2, -0.15) is 5.10 Å². The van der Waals surface area contributed by atoms with Gasteiger partial charge in [0.05, 0.1) is 31.4 Å². The van der Waals surface area contributed by atoms with E-state index in [0.29, 0.717) is 17.9 Å². The molecule has 0 radical (unpaired) electrons. The maximum atomic E-state index is 11.8. The number of carbonyl (C=O) groups excluding carboxylic acids is 1. The van der Waals surface area contributed by atoms with Crippen LogP contribution in [0.25, 0.3) is 0 Å². The summed E-state index contributed by atoms with van der Waals surface area (Å²) in [6.07, 6.45) is 4.29. The second-order valence-corrected chi connectivity index (χ2v) is 3.90. The van der Waals surface area contributed by atoms with Crippen LogP contribution < -0.4 is 5.56 Å². The highest BCUT2D eigenvalue weighted by Gasteiger charge is 2.17. The molecule has 0 atom stereocenters. The van der Waals surface area contributed by atoms with Gasteiger partial charge < -0.3 is 4.74 Å². The summed E-state index contributed by atoms with van der Waals surface area (Å²) in [6.45, 7) is 2.25. The summed E-state index contributed by atoms with van der Waals surface area (Å²) in [6, 6.07) is 1.36. The molecule has 0 aliphatic heterocycles. The van der Waals surface area contributed by atoms with Crippen molar-refractivity contribution in [1.82, 2.24) is 19.3 Å². The summed E-state index contributed by atoms with van der Waals surface area (Å²) in [7, 11) is 1.71. The normalized spacial score (nSPS) is 10.4. The van der Waals surface area contributed by atoms with E-state index >= 15 is 0 Å². The third kappa shape index (κ3) is 2.70. The molecule has 0 spiro atoms. The SMILES string of the molecule is CCOC(=O)c1cnn(C)c1Cn1cnccc1=O. The number of aryl methyl sites for hydroxylation is 1. The van der Waals surface area contributed by atoms with Gasteiger partial charge in [0.1, 0.15) is 5.56 Å². The fourth-order valence-electron chi connectivity index (χ4n) is 1.69. The molecule has 0 N–H and O–H groups in total. The molecule has 2 heterocycles. The van der Waals surface area contributed by atoms with Crippen LogP contribution in [0.1, 0.15) is 23.0 Å². The van der Waals surface area contributed by atoms with Crippen molar-refractivity contribution in [2.45, 2.75) is 13.5 Å². The first-order valence-corrected chi connectivity index (χ1v) is 5.82. The third-order valence-corrected chi connectivity index (χ3v) is 2.67. The van der Waals surface area contributed by atoms with E-state index in [2.05, 4.69) is 10.1 Å². The summed E-state index contributed by atoms with van der Waals surface area (Å²) in [4.78, 5) is 27.3. The van der Waals surface area contributed by atoms with Crippen LogP contribution in [-0.4, -0.2) is 31.9 Å². The Balaban J connectivity index is 2.35. The number of carbonyl (C=O) groups is 1. The minimum atomic E-state index is -0.442. The molecule has 2 aromatic heterocycles. The molecule has 2 aromatic rings. The molecular weight excluding hydrogens is 248 g/mol. The molecule has 2 rings (SSSR count). The van der Waals surface area contributed by atoms with Crippen molar-refractivity contribution in [3.05, 3.63) is 46.4 Å². The van der Waals surface area contributed by atoms with Gasteiger partial charge in [-0.25, -0.2) is 9.78 Å². The van der Waals surface area contributed by atoms with Gasteiger partial charge in [-0.05, 0) is 6.92 Å². The van der Waals surface area contributed by atoms with E-state index < -0.39 is 5.97 Å². The second kappa shape index (κ2) is 5.47. The molecule has 0 unspecified atom stereocenters. The molecule has 0 bridgehead atoms. The van der Waals surface area contributed by atoms with E-state index in [9.17, 15) is 9.59 Å². The number of hydrogen-bond donors (Lipinski definition) is 0. The van der Waals surface area contributed by atoms with Crippen LogP contribution in [-0.2, 0) is 18.3 Å². The molecule has 0 aromatic carbocycles. The summed E-state index contributed by atoms with van der Waals surface area (Å²) >= 11 is 0. The van der Waals surface area contributed by atoms with Gasteiger partial charge in [0.2, 0.25) is 0 Å². The van der Waals surface area contributed by atoms with Crippen molar-refractivity contribution in [2.75, 3.05) is 6.61 Å². The molecule has 100 valence electrons. The average Bonchev–Trinajstić information content (AvgIpc) is 2.74. The Hall–Kier alpha value is -2.44. The van der Waals surface area contributed by atoms with Gasteiger partial charge in [0, 0.05) is 19.3 Å². The van der Waals surface area contributed by atoms with E-state index in [1.807, 2.05) is 0 Å². The molecule has 0 amide bonds. The van der Waals surface area contributed by atoms with Gasteiger partial charge in [0.25, 0.3) is 5.56 Å². The number of rotatable bonds is 4. The minimum Gasteiger partial charge on any atom is -0.462 e. The Morgan fingerprint density at radius 3 is 2.95 bits per heavy atom. The molecule has 0 aliphatic carbocycles. The molecule has 0 saturated carbocycles. The fourth-order valence-corrected chi connectivity index (χ4v) is 1.69. The topological polar surface area (TPSA) is 79.0 Å². The van der Waals surface area contributed by atoms with Crippen molar-refractivity contribution in [1.29, 1.82) is 0 Å². The fraction of sp³-hybridized carbons (Fsp3) is 0.333. The number of ether oxygens (including phenoxy) is 1. The van der Waals surface area contributed by atoms with Gasteiger partial charge in [-0.3, -0.25) is 14.0 Å². The van der Waals surface area contributed by atoms with Crippen molar-refractivity contribution in [3.63, 3.8) is 0 Å². The molecule has 0 aliphatic rings. The van der Waals surface area contributed by atoms with Crippen LogP contribution in [0.15, 0.2) is 29.6 Å². The Bertz CT molecular complexity index is 644. The van der Waals surface area contributed by atoms with Crippen LogP contribution >= 0.6 is 0 Å². The van der Waals surface area contributed by atoms with Gasteiger partial charge in [0.15, 0.2) is 0 Å².